The van der Waals surface area contributed by atoms with Gasteiger partial charge in [-0.25, -0.2) is 4.98 Å². The minimum absolute atomic E-state index is 0.0207. The summed E-state index contributed by atoms with van der Waals surface area (Å²) in [6.07, 6.45) is 0.610. The van der Waals surface area contributed by atoms with Crippen LogP contribution in [0.2, 0.25) is 0 Å². The molecule has 1 aromatic heterocycles. The second-order valence-electron chi connectivity index (χ2n) is 5.28. The van der Waals surface area contributed by atoms with Crippen molar-refractivity contribution in [1.82, 2.24) is 9.97 Å². The molecule has 20 heavy (non-hydrogen) atoms. The van der Waals surface area contributed by atoms with Gasteiger partial charge in [-0.2, -0.15) is 0 Å². The van der Waals surface area contributed by atoms with Gasteiger partial charge >= 0.3 is 0 Å². The lowest BCUT2D eigenvalue weighted by molar-refractivity contribution is 0.220. The van der Waals surface area contributed by atoms with Crippen molar-refractivity contribution in [1.29, 1.82) is 0 Å². The van der Waals surface area contributed by atoms with Crippen LogP contribution in [0, 0.1) is 13.8 Å². The van der Waals surface area contributed by atoms with E-state index in [0.29, 0.717) is 18.0 Å². The second kappa shape index (κ2) is 5.90. The maximum atomic E-state index is 11.9. The minimum Gasteiger partial charge on any atom is -0.462 e. The summed E-state index contributed by atoms with van der Waals surface area (Å²) in [4.78, 5) is 19.0. The van der Waals surface area contributed by atoms with Gasteiger partial charge in [-0.1, -0.05) is 29.8 Å². The van der Waals surface area contributed by atoms with Gasteiger partial charge in [0.2, 0.25) is 0 Å². The molecular weight excluding hydrogens is 252 g/mol. The monoisotopic (exact) mass is 272 g/mol. The fraction of sp³-hybridized carbons (Fsp3) is 0.375. The van der Waals surface area contributed by atoms with Crippen LogP contribution in [0.1, 0.15) is 36.2 Å². The maximum Gasteiger partial charge on any atom is 0.296 e. The van der Waals surface area contributed by atoms with Crippen molar-refractivity contribution in [2.75, 3.05) is 0 Å². The smallest absolute Gasteiger partial charge is 0.296 e. The first-order valence-corrected chi connectivity index (χ1v) is 6.77. The van der Waals surface area contributed by atoms with E-state index in [9.17, 15) is 4.79 Å². The van der Waals surface area contributed by atoms with Crippen LogP contribution in [0.4, 0.5) is 0 Å². The third kappa shape index (κ3) is 3.47. The number of aryl methyl sites for hydroxylation is 1. The fourth-order valence-electron chi connectivity index (χ4n) is 2.02. The molecule has 106 valence electrons. The molecule has 2 rings (SSSR count). The topological polar surface area (TPSA) is 55.0 Å². The molecule has 0 aliphatic carbocycles. The SMILES string of the molecule is Cc1cccc(Cc2nc(OC(C)C)[nH]c(=O)c2C)c1. The highest BCUT2D eigenvalue weighted by molar-refractivity contribution is 5.29. The lowest BCUT2D eigenvalue weighted by atomic mass is 10.0. The van der Waals surface area contributed by atoms with Gasteiger partial charge in [0, 0.05) is 12.0 Å². The molecule has 4 heteroatoms. The number of benzene rings is 1. The van der Waals surface area contributed by atoms with Crippen molar-refractivity contribution in [3.63, 3.8) is 0 Å². The standard InChI is InChI=1S/C16H20N2O2/c1-10(2)20-16-17-14(12(4)15(19)18-16)9-13-7-5-6-11(3)8-13/h5-8,10H,9H2,1-4H3,(H,17,18,19). The van der Waals surface area contributed by atoms with Crippen LogP contribution in [-0.4, -0.2) is 16.1 Å². The summed E-state index contributed by atoms with van der Waals surface area (Å²) < 4.78 is 5.49. The zero-order chi connectivity index (χ0) is 14.7. The number of hydrogen-bond donors (Lipinski definition) is 1. The van der Waals surface area contributed by atoms with Gasteiger partial charge in [0.05, 0.1) is 11.8 Å². The third-order valence-electron chi connectivity index (χ3n) is 3.03. The van der Waals surface area contributed by atoms with Gasteiger partial charge in [0.1, 0.15) is 0 Å². The van der Waals surface area contributed by atoms with E-state index in [2.05, 4.69) is 29.0 Å². The Morgan fingerprint density at radius 3 is 2.70 bits per heavy atom. The molecular formula is C16H20N2O2. The minimum atomic E-state index is -0.140. The highest BCUT2D eigenvalue weighted by Crippen LogP contribution is 2.13. The summed E-state index contributed by atoms with van der Waals surface area (Å²) in [5.74, 6) is 0. The second-order valence-corrected chi connectivity index (χ2v) is 5.28. The molecule has 0 saturated heterocycles. The molecule has 0 fully saturated rings. The first-order chi connectivity index (χ1) is 9.45. The third-order valence-corrected chi connectivity index (χ3v) is 3.03. The predicted molar refractivity (Wildman–Crippen MR) is 79.3 cm³/mol. The molecule has 0 radical (unpaired) electrons. The number of rotatable bonds is 4. The number of ether oxygens (including phenoxy) is 1. The van der Waals surface area contributed by atoms with Crippen LogP contribution in [0.15, 0.2) is 29.1 Å². The molecule has 0 bridgehead atoms. The highest BCUT2D eigenvalue weighted by atomic mass is 16.5. The Morgan fingerprint density at radius 1 is 1.30 bits per heavy atom. The van der Waals surface area contributed by atoms with Crippen molar-refractivity contribution in [2.24, 2.45) is 0 Å². The maximum absolute atomic E-state index is 11.9. The summed E-state index contributed by atoms with van der Waals surface area (Å²) in [6.45, 7) is 7.64. The molecule has 1 heterocycles. The number of hydrogen-bond acceptors (Lipinski definition) is 3. The Morgan fingerprint density at radius 2 is 2.05 bits per heavy atom. The van der Waals surface area contributed by atoms with Gasteiger partial charge in [0.15, 0.2) is 0 Å². The molecule has 0 aliphatic rings. The lowest BCUT2D eigenvalue weighted by Crippen LogP contribution is -2.19. The summed E-state index contributed by atoms with van der Waals surface area (Å²) in [5, 5.41) is 0. The van der Waals surface area contributed by atoms with Crippen LogP contribution in [-0.2, 0) is 6.42 Å². The summed E-state index contributed by atoms with van der Waals surface area (Å²) in [7, 11) is 0. The van der Waals surface area contributed by atoms with Crippen LogP contribution in [0.5, 0.6) is 6.01 Å². The van der Waals surface area contributed by atoms with Crippen molar-refractivity contribution >= 4 is 0 Å². The molecule has 1 aromatic carbocycles. The van der Waals surface area contributed by atoms with E-state index in [1.54, 1.807) is 6.92 Å². The normalized spacial score (nSPS) is 10.8. The lowest BCUT2D eigenvalue weighted by Gasteiger charge is -2.11. The van der Waals surface area contributed by atoms with Gasteiger partial charge in [0.25, 0.3) is 11.6 Å². The summed E-state index contributed by atoms with van der Waals surface area (Å²) in [5.41, 5.74) is 3.60. The first-order valence-electron chi connectivity index (χ1n) is 6.77. The van der Waals surface area contributed by atoms with Crippen LogP contribution < -0.4 is 10.3 Å². The van der Waals surface area contributed by atoms with Crippen molar-refractivity contribution in [3.05, 3.63) is 57.0 Å². The largest absolute Gasteiger partial charge is 0.462 e. The quantitative estimate of drug-likeness (QED) is 0.931. The average molecular weight is 272 g/mol. The molecule has 0 spiro atoms. The average Bonchev–Trinajstić information content (AvgIpc) is 2.34. The highest BCUT2D eigenvalue weighted by Gasteiger charge is 2.10. The summed E-state index contributed by atoms with van der Waals surface area (Å²) in [6, 6.07) is 8.50. The number of nitrogens with zero attached hydrogens (tertiary/aromatic N) is 1. The van der Waals surface area contributed by atoms with E-state index in [0.717, 1.165) is 11.3 Å². The number of nitrogens with one attached hydrogen (secondary N) is 1. The molecule has 1 N–H and O–H groups in total. The van der Waals surface area contributed by atoms with Gasteiger partial charge < -0.3 is 4.74 Å². The molecule has 0 aliphatic heterocycles. The number of aromatic amines is 1. The first kappa shape index (κ1) is 14.3. The predicted octanol–water partition coefficient (Wildman–Crippen LogP) is 2.76. The van der Waals surface area contributed by atoms with Crippen LogP contribution in [0.3, 0.4) is 0 Å². The summed E-state index contributed by atoms with van der Waals surface area (Å²) >= 11 is 0. The molecule has 0 amide bonds. The molecule has 0 atom stereocenters. The van der Waals surface area contributed by atoms with Gasteiger partial charge in [-0.3, -0.25) is 9.78 Å². The van der Waals surface area contributed by atoms with Gasteiger partial charge in [-0.05, 0) is 33.3 Å². The fourth-order valence-corrected chi connectivity index (χ4v) is 2.02. The van der Waals surface area contributed by atoms with Gasteiger partial charge in [-0.15, -0.1) is 0 Å². The Balaban J connectivity index is 2.35. The van der Waals surface area contributed by atoms with Crippen LogP contribution >= 0.6 is 0 Å². The molecule has 0 saturated carbocycles. The van der Waals surface area contributed by atoms with E-state index in [1.165, 1.54) is 5.56 Å². The zero-order valence-electron chi connectivity index (χ0n) is 12.4. The number of H-pyrrole nitrogens is 1. The van der Waals surface area contributed by atoms with E-state index in [1.807, 2.05) is 26.0 Å². The molecule has 0 unspecified atom stereocenters. The Labute approximate surface area is 118 Å². The number of aromatic nitrogens is 2. The molecule has 4 nitrogen and oxygen atoms in total. The van der Waals surface area contributed by atoms with Crippen molar-refractivity contribution < 1.29 is 4.74 Å². The van der Waals surface area contributed by atoms with Crippen LogP contribution in [0.25, 0.3) is 0 Å². The van der Waals surface area contributed by atoms with E-state index in [-0.39, 0.29) is 11.7 Å². The Hall–Kier alpha value is -2.10. The Kier molecular flexibility index (Phi) is 4.23. The van der Waals surface area contributed by atoms with E-state index >= 15 is 0 Å². The Bertz CT molecular complexity index is 660. The van der Waals surface area contributed by atoms with Crippen molar-refractivity contribution in [3.8, 4) is 6.01 Å². The van der Waals surface area contributed by atoms with E-state index in [4.69, 9.17) is 4.74 Å². The molecule has 2 aromatic rings. The van der Waals surface area contributed by atoms with Crippen molar-refractivity contribution in [2.45, 2.75) is 40.2 Å². The zero-order valence-corrected chi connectivity index (χ0v) is 12.4. The van der Waals surface area contributed by atoms with E-state index < -0.39 is 0 Å².